The second-order valence-corrected chi connectivity index (χ2v) is 7.36. The van der Waals surface area contributed by atoms with Gasteiger partial charge in [-0.15, -0.1) is 0 Å². The Kier molecular flexibility index (Phi) is 8.69. The lowest BCUT2D eigenvalue weighted by atomic mass is 10.3. The van der Waals surface area contributed by atoms with Crippen molar-refractivity contribution in [1.29, 1.82) is 0 Å². The van der Waals surface area contributed by atoms with Crippen LogP contribution in [0, 0.1) is 0 Å². The Hall–Kier alpha value is -0.250. The minimum atomic E-state index is -3.30. The zero-order valence-corrected chi connectivity index (χ0v) is 14.2. The average molecular weight is 323 g/mol. The van der Waals surface area contributed by atoms with Crippen LogP contribution >= 0.6 is 0 Å². The van der Waals surface area contributed by atoms with Crippen LogP contribution in [-0.4, -0.2) is 96.1 Å². The van der Waals surface area contributed by atoms with E-state index < -0.39 is 10.0 Å². The number of piperazine rings is 1. The molecule has 8 heteroatoms. The summed E-state index contributed by atoms with van der Waals surface area (Å²) < 4.78 is 36.8. The van der Waals surface area contributed by atoms with E-state index in [-0.39, 0.29) is 11.8 Å². The third kappa shape index (κ3) is 6.58. The molecule has 1 aliphatic heterocycles. The summed E-state index contributed by atoms with van der Waals surface area (Å²) in [7, 11) is -0.147. The van der Waals surface area contributed by atoms with E-state index in [1.807, 2.05) is 6.92 Å². The van der Waals surface area contributed by atoms with E-state index >= 15 is 0 Å². The highest BCUT2D eigenvalue weighted by molar-refractivity contribution is 7.89. The number of methoxy groups -OCH3 is 2. The molecule has 0 aromatic carbocycles. The van der Waals surface area contributed by atoms with Crippen LogP contribution in [0.25, 0.3) is 0 Å². The molecule has 0 aliphatic carbocycles. The third-order valence-electron chi connectivity index (χ3n) is 3.65. The molecule has 1 heterocycles. The maximum atomic E-state index is 12.6. The molecule has 1 saturated heterocycles. The second-order valence-electron chi connectivity index (χ2n) is 5.32. The van der Waals surface area contributed by atoms with Crippen molar-refractivity contribution in [2.75, 3.05) is 72.5 Å². The molecular formula is C13H29N3O4S. The van der Waals surface area contributed by atoms with Crippen molar-refractivity contribution in [3.63, 3.8) is 0 Å². The number of nitrogens with one attached hydrogen (secondary N) is 1. The van der Waals surface area contributed by atoms with Crippen molar-refractivity contribution in [2.24, 2.45) is 0 Å². The fourth-order valence-corrected chi connectivity index (χ4v) is 4.12. The van der Waals surface area contributed by atoms with Crippen LogP contribution < -0.4 is 5.32 Å². The molecule has 0 spiro atoms. The number of hydrogen-bond acceptors (Lipinski definition) is 6. The molecule has 1 N–H and O–H groups in total. The van der Waals surface area contributed by atoms with Crippen molar-refractivity contribution in [3.8, 4) is 0 Å². The molecule has 21 heavy (non-hydrogen) atoms. The predicted octanol–water partition coefficient (Wildman–Crippen LogP) is -0.795. The Morgan fingerprint density at radius 1 is 1.24 bits per heavy atom. The summed E-state index contributed by atoms with van der Waals surface area (Å²) in [6, 6.07) is -0.182. The van der Waals surface area contributed by atoms with Gasteiger partial charge in [-0.3, -0.25) is 4.90 Å². The number of ether oxygens (including phenoxy) is 2. The maximum absolute atomic E-state index is 12.6. The van der Waals surface area contributed by atoms with Crippen molar-refractivity contribution in [3.05, 3.63) is 0 Å². The summed E-state index contributed by atoms with van der Waals surface area (Å²) >= 11 is 0. The van der Waals surface area contributed by atoms with Crippen LogP contribution in [0.15, 0.2) is 0 Å². The fraction of sp³-hybridized carbons (Fsp3) is 1.00. The Bertz CT molecular complexity index is 372. The molecule has 0 amide bonds. The van der Waals surface area contributed by atoms with Crippen LogP contribution in [0.3, 0.4) is 0 Å². The van der Waals surface area contributed by atoms with Gasteiger partial charge in [-0.05, 0) is 6.92 Å². The molecular weight excluding hydrogens is 294 g/mol. The molecule has 1 rings (SSSR count). The van der Waals surface area contributed by atoms with Gasteiger partial charge >= 0.3 is 0 Å². The van der Waals surface area contributed by atoms with E-state index in [2.05, 4.69) is 10.2 Å². The standard InChI is InChI=1S/C13H29N3O4S/c1-13(12-20-3)16(8-10-19-2)21(17,18)11-9-15-6-4-14-5-7-15/h13-14H,4-12H2,1-3H3. The molecule has 0 aromatic heterocycles. The summed E-state index contributed by atoms with van der Waals surface area (Å²) in [5, 5.41) is 3.26. The topological polar surface area (TPSA) is 71.1 Å². The summed E-state index contributed by atoms with van der Waals surface area (Å²) in [5.74, 6) is 0.144. The van der Waals surface area contributed by atoms with Crippen LogP contribution in [0.5, 0.6) is 0 Å². The van der Waals surface area contributed by atoms with Gasteiger partial charge in [0.05, 0.1) is 19.0 Å². The Labute approximate surface area is 128 Å². The van der Waals surface area contributed by atoms with E-state index in [0.717, 1.165) is 26.2 Å². The monoisotopic (exact) mass is 323 g/mol. The van der Waals surface area contributed by atoms with Gasteiger partial charge in [0.1, 0.15) is 0 Å². The van der Waals surface area contributed by atoms with E-state index in [4.69, 9.17) is 9.47 Å². The lowest BCUT2D eigenvalue weighted by Gasteiger charge is -2.30. The van der Waals surface area contributed by atoms with Crippen LogP contribution in [-0.2, 0) is 19.5 Å². The lowest BCUT2D eigenvalue weighted by Crippen LogP contribution is -2.48. The number of hydrogen-bond donors (Lipinski definition) is 1. The second kappa shape index (κ2) is 9.70. The molecule has 0 bridgehead atoms. The minimum Gasteiger partial charge on any atom is -0.383 e. The molecule has 0 radical (unpaired) electrons. The first kappa shape index (κ1) is 18.8. The number of sulfonamides is 1. The number of rotatable bonds is 10. The minimum absolute atomic E-state index is 0.144. The largest absolute Gasteiger partial charge is 0.383 e. The highest BCUT2D eigenvalue weighted by atomic mass is 32.2. The molecule has 7 nitrogen and oxygen atoms in total. The first-order chi connectivity index (χ1) is 10.0. The van der Waals surface area contributed by atoms with Crippen molar-refractivity contribution in [1.82, 2.24) is 14.5 Å². The van der Waals surface area contributed by atoms with Gasteiger partial charge in [0.15, 0.2) is 0 Å². The van der Waals surface area contributed by atoms with Gasteiger partial charge < -0.3 is 14.8 Å². The van der Waals surface area contributed by atoms with Crippen LogP contribution in [0.4, 0.5) is 0 Å². The van der Waals surface area contributed by atoms with Crippen LogP contribution in [0.2, 0.25) is 0 Å². The molecule has 0 saturated carbocycles. The highest BCUT2D eigenvalue weighted by Crippen LogP contribution is 2.09. The summed E-state index contributed by atoms with van der Waals surface area (Å²) in [6.07, 6.45) is 0. The van der Waals surface area contributed by atoms with Gasteiger partial charge in [-0.1, -0.05) is 0 Å². The fourth-order valence-electron chi connectivity index (χ4n) is 2.44. The zero-order valence-electron chi connectivity index (χ0n) is 13.4. The zero-order chi connectivity index (χ0) is 15.7. The molecule has 1 aliphatic rings. The normalized spacial score (nSPS) is 19.0. The van der Waals surface area contributed by atoms with Gasteiger partial charge in [-0.2, -0.15) is 4.31 Å². The Morgan fingerprint density at radius 3 is 2.48 bits per heavy atom. The van der Waals surface area contributed by atoms with Crippen molar-refractivity contribution < 1.29 is 17.9 Å². The molecule has 0 aromatic rings. The molecule has 1 unspecified atom stereocenters. The van der Waals surface area contributed by atoms with Crippen LogP contribution in [0.1, 0.15) is 6.92 Å². The maximum Gasteiger partial charge on any atom is 0.215 e. The highest BCUT2D eigenvalue weighted by Gasteiger charge is 2.27. The first-order valence-electron chi connectivity index (χ1n) is 7.41. The van der Waals surface area contributed by atoms with E-state index in [0.29, 0.717) is 26.3 Å². The summed E-state index contributed by atoms with van der Waals surface area (Å²) in [5.41, 5.74) is 0. The number of nitrogens with zero attached hydrogens (tertiary/aromatic N) is 2. The first-order valence-corrected chi connectivity index (χ1v) is 9.02. The molecule has 1 fully saturated rings. The van der Waals surface area contributed by atoms with E-state index in [9.17, 15) is 8.42 Å². The molecule has 1 atom stereocenters. The predicted molar refractivity (Wildman–Crippen MR) is 83.0 cm³/mol. The third-order valence-corrected chi connectivity index (χ3v) is 5.60. The summed E-state index contributed by atoms with van der Waals surface area (Å²) in [4.78, 5) is 2.18. The average Bonchev–Trinajstić information content (AvgIpc) is 2.47. The van der Waals surface area contributed by atoms with Gasteiger partial charge in [0, 0.05) is 59.5 Å². The lowest BCUT2D eigenvalue weighted by molar-refractivity contribution is 0.118. The van der Waals surface area contributed by atoms with Gasteiger partial charge in [0.25, 0.3) is 0 Å². The van der Waals surface area contributed by atoms with Crippen molar-refractivity contribution >= 4 is 10.0 Å². The van der Waals surface area contributed by atoms with Crippen molar-refractivity contribution in [2.45, 2.75) is 13.0 Å². The van der Waals surface area contributed by atoms with E-state index in [1.54, 1.807) is 14.2 Å². The quantitative estimate of drug-likeness (QED) is 0.568. The SMILES string of the molecule is COCCN(C(C)COC)S(=O)(=O)CCN1CCNCC1. The Morgan fingerprint density at radius 2 is 1.90 bits per heavy atom. The van der Waals surface area contributed by atoms with E-state index in [1.165, 1.54) is 4.31 Å². The summed E-state index contributed by atoms with van der Waals surface area (Å²) in [6.45, 7) is 7.24. The van der Waals surface area contributed by atoms with Gasteiger partial charge in [0.2, 0.25) is 10.0 Å². The smallest absolute Gasteiger partial charge is 0.215 e. The van der Waals surface area contributed by atoms with Gasteiger partial charge in [-0.25, -0.2) is 8.42 Å². The molecule has 126 valence electrons. The Balaban J connectivity index is 2.59.